The summed E-state index contributed by atoms with van der Waals surface area (Å²) >= 11 is 1.98. The average molecular weight is 310 g/mol. The summed E-state index contributed by atoms with van der Waals surface area (Å²) in [4.78, 5) is 15.6. The van der Waals surface area contributed by atoms with E-state index in [4.69, 9.17) is 5.73 Å². The lowest BCUT2D eigenvalue weighted by Gasteiger charge is -2.07. The van der Waals surface area contributed by atoms with Crippen molar-refractivity contribution in [1.29, 1.82) is 0 Å². The van der Waals surface area contributed by atoms with Crippen LogP contribution < -0.4 is 5.73 Å². The van der Waals surface area contributed by atoms with Crippen molar-refractivity contribution in [3.05, 3.63) is 11.3 Å². The summed E-state index contributed by atoms with van der Waals surface area (Å²) in [5.41, 5.74) is 6.35. The number of ether oxygens (including phenoxy) is 1. The molecule has 0 spiro atoms. The maximum absolute atomic E-state index is 11.3. The lowest BCUT2D eigenvalue weighted by molar-refractivity contribution is -0.135. The van der Waals surface area contributed by atoms with Gasteiger partial charge in [0, 0.05) is 11.7 Å². The highest BCUT2D eigenvalue weighted by Gasteiger charge is 2.16. The van der Waals surface area contributed by atoms with Crippen molar-refractivity contribution in [1.82, 2.24) is 0 Å². The summed E-state index contributed by atoms with van der Waals surface area (Å²) in [6.07, 6.45) is 0. The molecule has 0 unspecified atom stereocenters. The van der Waals surface area contributed by atoms with Crippen molar-refractivity contribution in [2.45, 2.75) is 26.8 Å². The summed E-state index contributed by atoms with van der Waals surface area (Å²) in [5.74, 6) is -0.446. The molecule has 0 atom stereocenters. The van der Waals surface area contributed by atoms with Gasteiger partial charge in [-0.2, -0.15) is 0 Å². The standard InChI is InChI=1S/C9H15IN2O2/c1-5(2)12-8(10)7(6(3)11)9(13)14-4/h5H,11H2,1-4H3. The fourth-order valence-corrected chi connectivity index (χ4v) is 2.00. The number of aliphatic imine (C=N–C) groups is 1. The van der Waals surface area contributed by atoms with E-state index >= 15 is 0 Å². The fraction of sp³-hybridized carbons (Fsp3) is 0.556. The number of rotatable bonds is 3. The van der Waals surface area contributed by atoms with Crippen molar-refractivity contribution in [2.75, 3.05) is 7.11 Å². The Balaban J connectivity index is 5.07. The van der Waals surface area contributed by atoms with Gasteiger partial charge in [0.25, 0.3) is 0 Å². The summed E-state index contributed by atoms with van der Waals surface area (Å²) in [6.45, 7) is 5.51. The molecule has 0 rings (SSSR count). The van der Waals surface area contributed by atoms with Gasteiger partial charge in [-0.15, -0.1) is 0 Å². The highest BCUT2D eigenvalue weighted by atomic mass is 127. The normalized spacial score (nSPS) is 14.0. The van der Waals surface area contributed by atoms with Crippen molar-refractivity contribution in [3.63, 3.8) is 0 Å². The lowest BCUT2D eigenvalue weighted by Crippen LogP contribution is -2.16. The van der Waals surface area contributed by atoms with E-state index in [0.29, 0.717) is 15.0 Å². The molecule has 2 N–H and O–H groups in total. The van der Waals surface area contributed by atoms with E-state index in [0.717, 1.165) is 0 Å². The van der Waals surface area contributed by atoms with Gasteiger partial charge in [0.2, 0.25) is 0 Å². The summed E-state index contributed by atoms with van der Waals surface area (Å²) < 4.78 is 5.20. The van der Waals surface area contributed by atoms with E-state index in [1.54, 1.807) is 6.92 Å². The molecule has 0 heterocycles. The Labute approximate surface area is 97.7 Å². The SMILES string of the molecule is COC(=O)C(C(I)=NC(C)C)=C(C)N. The first-order valence-electron chi connectivity index (χ1n) is 4.18. The average Bonchev–Trinajstić information content (AvgIpc) is 2.01. The van der Waals surface area contributed by atoms with Crippen LogP contribution in [0, 0.1) is 0 Å². The molecule has 0 amide bonds. The molecule has 0 aliphatic rings. The Morgan fingerprint density at radius 2 is 2.00 bits per heavy atom. The molecular weight excluding hydrogens is 295 g/mol. The summed E-state index contributed by atoms with van der Waals surface area (Å²) in [7, 11) is 1.32. The number of hydrogen-bond acceptors (Lipinski definition) is 4. The molecular formula is C9H15IN2O2. The lowest BCUT2D eigenvalue weighted by atomic mass is 10.2. The maximum Gasteiger partial charge on any atom is 0.342 e. The third kappa shape index (κ3) is 4.08. The first-order chi connectivity index (χ1) is 6.40. The number of halogens is 1. The van der Waals surface area contributed by atoms with Gasteiger partial charge in [0.15, 0.2) is 0 Å². The van der Waals surface area contributed by atoms with E-state index in [9.17, 15) is 4.79 Å². The highest BCUT2D eigenvalue weighted by molar-refractivity contribution is 14.1. The number of nitrogens with zero attached hydrogens (tertiary/aromatic N) is 1. The van der Waals surface area contributed by atoms with Crippen LogP contribution >= 0.6 is 22.6 Å². The molecule has 14 heavy (non-hydrogen) atoms. The topological polar surface area (TPSA) is 64.7 Å². The van der Waals surface area contributed by atoms with Crippen LogP contribution in [0.1, 0.15) is 20.8 Å². The molecule has 5 heteroatoms. The van der Waals surface area contributed by atoms with Crippen LogP contribution in [0.2, 0.25) is 0 Å². The number of hydrogen-bond donors (Lipinski definition) is 1. The molecule has 0 radical (unpaired) electrons. The largest absolute Gasteiger partial charge is 0.465 e. The monoisotopic (exact) mass is 310 g/mol. The Bertz CT molecular complexity index is 279. The van der Waals surface area contributed by atoms with E-state index in [1.807, 2.05) is 36.4 Å². The second-order valence-corrected chi connectivity index (χ2v) is 4.09. The predicted molar refractivity (Wildman–Crippen MR) is 65.5 cm³/mol. The highest BCUT2D eigenvalue weighted by Crippen LogP contribution is 2.12. The first kappa shape index (κ1) is 13.4. The molecule has 0 saturated heterocycles. The van der Waals surface area contributed by atoms with Crippen molar-refractivity contribution in [2.24, 2.45) is 10.7 Å². The van der Waals surface area contributed by atoms with Crippen molar-refractivity contribution >= 4 is 32.3 Å². The second-order valence-electron chi connectivity index (χ2n) is 3.06. The molecule has 80 valence electrons. The third-order valence-electron chi connectivity index (χ3n) is 1.36. The molecule has 0 aromatic rings. The van der Waals surface area contributed by atoms with Gasteiger partial charge in [-0.1, -0.05) is 0 Å². The third-order valence-corrected chi connectivity index (χ3v) is 2.18. The first-order valence-corrected chi connectivity index (χ1v) is 5.26. The zero-order valence-electron chi connectivity index (χ0n) is 8.80. The molecule has 0 bridgehead atoms. The number of esters is 1. The summed E-state index contributed by atoms with van der Waals surface area (Å²) in [6, 6.07) is 0.126. The Kier molecular flexibility index (Phi) is 5.75. The van der Waals surface area contributed by atoms with Crippen LogP contribution in [-0.2, 0) is 9.53 Å². The summed E-state index contributed by atoms with van der Waals surface area (Å²) in [5, 5.41) is 0. The van der Waals surface area contributed by atoms with E-state index in [-0.39, 0.29) is 6.04 Å². The van der Waals surface area contributed by atoms with E-state index < -0.39 is 5.97 Å². The quantitative estimate of drug-likeness (QED) is 0.373. The molecule has 0 fully saturated rings. The van der Waals surface area contributed by atoms with Crippen LogP contribution in [0.25, 0.3) is 0 Å². The minimum absolute atomic E-state index is 0.126. The maximum atomic E-state index is 11.3. The molecule has 0 aromatic heterocycles. The Morgan fingerprint density at radius 3 is 2.29 bits per heavy atom. The zero-order valence-corrected chi connectivity index (χ0v) is 11.0. The smallest absolute Gasteiger partial charge is 0.342 e. The molecule has 0 saturated carbocycles. The van der Waals surface area contributed by atoms with Gasteiger partial charge in [-0.3, -0.25) is 4.99 Å². The van der Waals surface area contributed by atoms with Gasteiger partial charge in [0.05, 0.1) is 7.11 Å². The number of allylic oxidation sites excluding steroid dienone is 1. The zero-order chi connectivity index (χ0) is 11.3. The van der Waals surface area contributed by atoms with E-state index in [1.165, 1.54) is 7.11 Å². The van der Waals surface area contributed by atoms with Gasteiger partial charge in [-0.05, 0) is 43.4 Å². The Morgan fingerprint density at radius 1 is 1.50 bits per heavy atom. The number of carbonyl (C=O) groups excluding carboxylic acids is 1. The van der Waals surface area contributed by atoms with Crippen LogP contribution in [0.4, 0.5) is 0 Å². The molecule has 0 aromatic carbocycles. The van der Waals surface area contributed by atoms with Gasteiger partial charge >= 0.3 is 5.97 Å². The van der Waals surface area contributed by atoms with Gasteiger partial charge in [0.1, 0.15) is 9.29 Å². The van der Waals surface area contributed by atoms with Crippen molar-refractivity contribution < 1.29 is 9.53 Å². The Hall–Kier alpha value is -0.590. The van der Waals surface area contributed by atoms with Crippen LogP contribution in [0.3, 0.4) is 0 Å². The van der Waals surface area contributed by atoms with Gasteiger partial charge < -0.3 is 10.5 Å². The van der Waals surface area contributed by atoms with E-state index in [2.05, 4.69) is 9.73 Å². The number of methoxy groups -OCH3 is 1. The molecule has 0 aliphatic carbocycles. The number of nitrogens with two attached hydrogens (primary N) is 1. The fourth-order valence-electron chi connectivity index (χ4n) is 0.801. The minimum atomic E-state index is -0.446. The van der Waals surface area contributed by atoms with Crippen LogP contribution in [0.5, 0.6) is 0 Å². The molecule has 0 aliphatic heterocycles. The van der Waals surface area contributed by atoms with Gasteiger partial charge in [-0.25, -0.2) is 4.79 Å². The second kappa shape index (κ2) is 6.00. The predicted octanol–water partition coefficient (Wildman–Crippen LogP) is 1.63. The number of carbonyl (C=O) groups is 1. The van der Waals surface area contributed by atoms with Crippen LogP contribution in [-0.4, -0.2) is 22.8 Å². The molecule has 4 nitrogen and oxygen atoms in total. The van der Waals surface area contributed by atoms with Crippen molar-refractivity contribution in [3.8, 4) is 0 Å². The minimum Gasteiger partial charge on any atom is -0.465 e. The van der Waals surface area contributed by atoms with Crippen LogP contribution in [0.15, 0.2) is 16.3 Å².